The molecule has 0 unspecified atom stereocenters. The molecule has 1 N–H and O–H groups in total. The zero-order chi connectivity index (χ0) is 24.5. The second-order valence-corrected chi connectivity index (χ2v) is 8.50. The third kappa shape index (κ3) is 7.60. The van der Waals surface area contributed by atoms with Gasteiger partial charge < -0.3 is 9.47 Å². The smallest absolute Gasteiger partial charge is 0.271 e. The Bertz CT molecular complexity index is 1270. The number of nitrogens with zero attached hydrogens (tertiary/aromatic N) is 1. The Morgan fingerprint density at radius 3 is 1.63 bits per heavy atom. The van der Waals surface area contributed by atoms with Crippen molar-refractivity contribution in [2.24, 2.45) is 5.10 Å². The zero-order valence-corrected chi connectivity index (χ0v) is 20.2. The molecular weight excluding hydrogens is 483 g/mol. The number of hydrogen-bond acceptors (Lipinski definition) is 4. The number of halogens is 2. The molecule has 4 aromatic rings. The Morgan fingerprint density at radius 2 is 1.14 bits per heavy atom. The van der Waals surface area contributed by atoms with E-state index in [-0.39, 0.29) is 5.91 Å². The fourth-order valence-electron chi connectivity index (χ4n) is 3.08. The first-order valence-corrected chi connectivity index (χ1v) is 11.6. The Balaban J connectivity index is 1.23. The van der Waals surface area contributed by atoms with Crippen molar-refractivity contribution >= 4 is 35.3 Å². The van der Waals surface area contributed by atoms with Gasteiger partial charge in [0.1, 0.15) is 24.7 Å². The van der Waals surface area contributed by atoms with Crippen molar-refractivity contribution in [3.05, 3.63) is 129 Å². The normalized spacial score (nSPS) is 10.8. The molecule has 35 heavy (non-hydrogen) atoms. The van der Waals surface area contributed by atoms with Crippen LogP contribution in [-0.4, -0.2) is 12.1 Å². The maximum atomic E-state index is 12.3. The van der Waals surface area contributed by atoms with Gasteiger partial charge in [0.15, 0.2) is 0 Å². The summed E-state index contributed by atoms with van der Waals surface area (Å²) in [6, 6.07) is 29.3. The highest BCUT2D eigenvalue weighted by Crippen LogP contribution is 2.17. The molecule has 0 radical (unpaired) electrons. The van der Waals surface area contributed by atoms with E-state index in [1.165, 1.54) is 0 Å². The fraction of sp³-hybridized carbons (Fsp3) is 0.0714. The number of benzene rings is 4. The van der Waals surface area contributed by atoms with Gasteiger partial charge in [0.25, 0.3) is 5.91 Å². The SMILES string of the molecule is O=C(NN=Cc1ccc(OCc2ccc(Cl)cc2)cc1)c1ccc(OCc2ccc(Cl)cc2)cc1. The van der Waals surface area contributed by atoms with Crippen molar-refractivity contribution in [1.82, 2.24) is 5.43 Å². The van der Waals surface area contributed by atoms with Crippen molar-refractivity contribution in [2.75, 3.05) is 0 Å². The maximum absolute atomic E-state index is 12.3. The summed E-state index contributed by atoms with van der Waals surface area (Å²) in [4.78, 5) is 12.3. The van der Waals surface area contributed by atoms with Gasteiger partial charge in [-0.2, -0.15) is 5.10 Å². The molecule has 0 fully saturated rings. The van der Waals surface area contributed by atoms with Gasteiger partial charge in [-0.1, -0.05) is 47.5 Å². The first kappa shape index (κ1) is 24.3. The average molecular weight is 505 g/mol. The van der Waals surface area contributed by atoms with Crippen LogP contribution in [0, 0.1) is 0 Å². The summed E-state index contributed by atoms with van der Waals surface area (Å²) < 4.78 is 11.5. The Morgan fingerprint density at radius 1 is 0.686 bits per heavy atom. The minimum absolute atomic E-state index is 0.312. The lowest BCUT2D eigenvalue weighted by molar-refractivity contribution is 0.0955. The molecule has 0 aliphatic heterocycles. The van der Waals surface area contributed by atoms with Crippen LogP contribution in [-0.2, 0) is 13.2 Å². The molecule has 0 atom stereocenters. The lowest BCUT2D eigenvalue weighted by Crippen LogP contribution is -2.17. The van der Waals surface area contributed by atoms with Crippen LogP contribution in [0.3, 0.4) is 0 Å². The van der Waals surface area contributed by atoms with Crippen molar-refractivity contribution in [1.29, 1.82) is 0 Å². The van der Waals surface area contributed by atoms with Crippen molar-refractivity contribution in [2.45, 2.75) is 13.2 Å². The standard InChI is InChI=1S/C28H22Cl2N2O3/c29-24-9-1-21(2-10-24)18-34-26-13-5-20(6-14-26)17-31-32-28(33)23-7-15-27(16-8-23)35-19-22-3-11-25(30)12-4-22/h1-17H,18-19H2,(H,32,33). The van der Waals surface area contributed by atoms with E-state index in [0.29, 0.717) is 34.6 Å². The van der Waals surface area contributed by atoms with Crippen LogP contribution in [0.5, 0.6) is 11.5 Å². The van der Waals surface area contributed by atoms with E-state index in [4.69, 9.17) is 32.7 Å². The topological polar surface area (TPSA) is 59.9 Å². The molecule has 0 saturated carbocycles. The first-order chi connectivity index (χ1) is 17.0. The van der Waals surface area contributed by atoms with Gasteiger partial charge in [-0.3, -0.25) is 4.79 Å². The zero-order valence-electron chi connectivity index (χ0n) is 18.7. The number of nitrogens with one attached hydrogen (secondary N) is 1. The average Bonchev–Trinajstić information content (AvgIpc) is 2.89. The Hall–Kier alpha value is -3.80. The minimum atomic E-state index is -0.312. The molecule has 4 rings (SSSR count). The van der Waals surface area contributed by atoms with Gasteiger partial charge in [0, 0.05) is 15.6 Å². The third-order valence-electron chi connectivity index (χ3n) is 5.01. The van der Waals surface area contributed by atoms with Crippen LogP contribution in [0.1, 0.15) is 27.0 Å². The van der Waals surface area contributed by atoms with Crippen molar-refractivity contribution < 1.29 is 14.3 Å². The van der Waals surface area contributed by atoms with E-state index in [1.807, 2.05) is 72.8 Å². The molecule has 0 saturated heterocycles. The van der Waals surface area contributed by atoms with Gasteiger partial charge in [-0.15, -0.1) is 0 Å². The predicted molar refractivity (Wildman–Crippen MR) is 140 cm³/mol. The van der Waals surface area contributed by atoms with Crippen molar-refractivity contribution in [3.63, 3.8) is 0 Å². The largest absolute Gasteiger partial charge is 0.489 e. The number of hydrazone groups is 1. The molecule has 0 aliphatic carbocycles. The summed E-state index contributed by atoms with van der Waals surface area (Å²) >= 11 is 11.8. The van der Waals surface area contributed by atoms with Crippen molar-refractivity contribution in [3.8, 4) is 11.5 Å². The third-order valence-corrected chi connectivity index (χ3v) is 5.52. The first-order valence-electron chi connectivity index (χ1n) is 10.8. The van der Waals surface area contributed by atoms with Crippen LogP contribution in [0.2, 0.25) is 10.0 Å². The Kier molecular flexibility index (Phi) is 8.39. The second kappa shape index (κ2) is 12.1. The molecule has 0 spiro atoms. The molecule has 0 heterocycles. The van der Waals surface area contributed by atoms with E-state index in [9.17, 15) is 4.79 Å². The summed E-state index contributed by atoms with van der Waals surface area (Å²) in [7, 11) is 0. The molecule has 176 valence electrons. The minimum Gasteiger partial charge on any atom is -0.489 e. The van der Waals surface area contributed by atoms with E-state index in [2.05, 4.69) is 10.5 Å². The molecule has 0 aromatic heterocycles. The van der Waals surface area contributed by atoms with Gasteiger partial charge in [0.2, 0.25) is 0 Å². The summed E-state index contributed by atoms with van der Waals surface area (Å²) in [5.41, 5.74) is 5.88. The van der Waals surface area contributed by atoms with E-state index < -0.39 is 0 Å². The molecule has 0 aliphatic rings. The van der Waals surface area contributed by atoms with Crippen LogP contribution < -0.4 is 14.9 Å². The number of hydrogen-bond donors (Lipinski definition) is 1. The number of carbonyl (C=O) groups excluding carboxylic acids is 1. The molecule has 0 bridgehead atoms. The quantitative estimate of drug-likeness (QED) is 0.199. The summed E-state index contributed by atoms with van der Waals surface area (Å²) in [6.07, 6.45) is 1.57. The highest BCUT2D eigenvalue weighted by Gasteiger charge is 2.05. The van der Waals surface area contributed by atoms with Gasteiger partial charge in [-0.25, -0.2) is 5.43 Å². The van der Waals surface area contributed by atoms with E-state index in [1.54, 1.807) is 30.5 Å². The number of amides is 1. The van der Waals surface area contributed by atoms with Crippen LogP contribution in [0.15, 0.2) is 102 Å². The van der Waals surface area contributed by atoms with Gasteiger partial charge in [0.05, 0.1) is 6.21 Å². The van der Waals surface area contributed by atoms with E-state index >= 15 is 0 Å². The number of ether oxygens (including phenoxy) is 2. The Labute approximate surface area is 213 Å². The lowest BCUT2D eigenvalue weighted by Gasteiger charge is -2.07. The fourth-order valence-corrected chi connectivity index (χ4v) is 3.33. The van der Waals surface area contributed by atoms with Gasteiger partial charge in [-0.05, 0) is 89.5 Å². The van der Waals surface area contributed by atoms with Crippen LogP contribution in [0.25, 0.3) is 0 Å². The summed E-state index contributed by atoms with van der Waals surface area (Å²) in [5.74, 6) is 1.09. The van der Waals surface area contributed by atoms with Crippen LogP contribution >= 0.6 is 23.2 Å². The molecule has 4 aromatic carbocycles. The monoisotopic (exact) mass is 504 g/mol. The summed E-state index contributed by atoms with van der Waals surface area (Å²) in [5, 5.41) is 5.41. The van der Waals surface area contributed by atoms with Gasteiger partial charge >= 0.3 is 0 Å². The summed E-state index contributed by atoms with van der Waals surface area (Å²) in [6.45, 7) is 0.865. The second-order valence-electron chi connectivity index (χ2n) is 7.62. The number of rotatable bonds is 9. The van der Waals surface area contributed by atoms with E-state index in [0.717, 1.165) is 22.4 Å². The maximum Gasteiger partial charge on any atom is 0.271 e. The molecule has 7 heteroatoms. The molecular formula is C28H22Cl2N2O3. The number of carbonyl (C=O) groups is 1. The highest BCUT2D eigenvalue weighted by atomic mass is 35.5. The molecule has 1 amide bonds. The van der Waals surface area contributed by atoms with Crippen LogP contribution in [0.4, 0.5) is 0 Å². The molecule has 5 nitrogen and oxygen atoms in total. The predicted octanol–water partition coefficient (Wildman–Crippen LogP) is 6.92. The lowest BCUT2D eigenvalue weighted by atomic mass is 10.2. The highest BCUT2D eigenvalue weighted by molar-refractivity contribution is 6.30.